The second kappa shape index (κ2) is 10.6. The predicted molar refractivity (Wildman–Crippen MR) is 130 cm³/mol. The van der Waals surface area contributed by atoms with E-state index >= 15 is 4.39 Å². The van der Waals surface area contributed by atoms with Gasteiger partial charge in [0.2, 0.25) is 5.95 Å². The highest BCUT2D eigenvalue weighted by molar-refractivity contribution is 7.52. The van der Waals surface area contributed by atoms with E-state index in [0.29, 0.717) is 11.3 Å². The predicted octanol–water partition coefficient (Wildman–Crippen LogP) is 1.34. The third-order valence-corrected chi connectivity index (χ3v) is 7.16. The summed E-state index contributed by atoms with van der Waals surface area (Å²) >= 11 is 0. The van der Waals surface area contributed by atoms with Crippen molar-refractivity contribution in [2.24, 2.45) is 0 Å². The lowest BCUT2D eigenvalue weighted by molar-refractivity contribution is -0.138. The number of imidazole rings is 1. The van der Waals surface area contributed by atoms with Gasteiger partial charge in [0.25, 0.3) is 0 Å². The Labute approximate surface area is 210 Å². The van der Waals surface area contributed by atoms with Crippen molar-refractivity contribution in [1.29, 1.82) is 0 Å². The first kappa shape index (κ1) is 26.7. The molecule has 1 aliphatic heterocycles. The fourth-order valence-corrected chi connectivity index (χ4v) is 5.16. The molecule has 1 aliphatic rings. The number of carboxylic acid groups (broad SMARTS) is 1. The number of hydrogen-bond donors (Lipinski definition) is 4. The Balaban J connectivity index is 1.55. The van der Waals surface area contributed by atoms with Crippen LogP contribution in [-0.4, -0.2) is 80.8 Å². The van der Waals surface area contributed by atoms with Gasteiger partial charge in [-0.25, -0.2) is 13.9 Å². The maximum absolute atomic E-state index is 15.2. The van der Waals surface area contributed by atoms with Crippen LogP contribution in [-0.2, 0) is 18.6 Å². The Morgan fingerprint density at radius 1 is 1.35 bits per heavy atom. The molecule has 0 amide bonds. The van der Waals surface area contributed by atoms with Crippen LogP contribution in [0.15, 0.2) is 36.7 Å². The number of nitrogens with two attached hydrogens (primary N) is 1. The van der Waals surface area contributed by atoms with E-state index < -0.39 is 51.0 Å². The second-order valence-corrected chi connectivity index (χ2v) is 10.2. The Bertz CT molecular complexity index is 1310. The van der Waals surface area contributed by atoms with Gasteiger partial charge in [-0.3, -0.25) is 13.9 Å². The summed E-state index contributed by atoms with van der Waals surface area (Å²) in [5.41, 5.74) is 6.34. The number of halogens is 1. The van der Waals surface area contributed by atoms with Crippen LogP contribution in [0.1, 0.15) is 13.2 Å². The van der Waals surface area contributed by atoms with Gasteiger partial charge in [0, 0.05) is 14.1 Å². The number of aliphatic hydroxyl groups excluding tert-OH is 1. The van der Waals surface area contributed by atoms with Crippen LogP contribution < -0.4 is 20.2 Å². The van der Waals surface area contributed by atoms with Gasteiger partial charge in [-0.15, -0.1) is 0 Å². The highest BCUT2D eigenvalue weighted by atomic mass is 31.2. The maximum Gasteiger partial charge on any atom is 0.459 e. The average Bonchev–Trinajstić information content (AvgIpc) is 3.38. The summed E-state index contributed by atoms with van der Waals surface area (Å²) in [5, 5.41) is 22.1. The van der Waals surface area contributed by atoms with Gasteiger partial charge in [-0.2, -0.15) is 15.1 Å². The molecule has 0 spiro atoms. The third-order valence-electron chi connectivity index (χ3n) is 5.51. The molecule has 14 nitrogen and oxygen atoms in total. The largest absolute Gasteiger partial charge is 0.480 e. The smallest absolute Gasteiger partial charge is 0.459 e. The number of aromatic nitrogens is 4. The summed E-state index contributed by atoms with van der Waals surface area (Å²) in [4.78, 5) is 25.5. The highest BCUT2D eigenvalue weighted by Crippen LogP contribution is 2.46. The van der Waals surface area contributed by atoms with Crippen LogP contribution in [0.3, 0.4) is 0 Å². The lowest BCUT2D eigenvalue weighted by Gasteiger charge is -2.23. The van der Waals surface area contributed by atoms with Crippen molar-refractivity contribution < 1.29 is 37.7 Å². The average molecular weight is 539 g/mol. The molecule has 37 heavy (non-hydrogen) atoms. The monoisotopic (exact) mass is 539 g/mol. The quantitative estimate of drug-likeness (QED) is 0.271. The number of fused-ring (bicyclic) bond motifs is 1. The number of aliphatic hydroxyl groups is 1. The zero-order valence-electron chi connectivity index (χ0n) is 20.1. The normalized spacial score (nSPS) is 24.0. The molecule has 16 heteroatoms. The Hall–Kier alpha value is -3.36. The SMILES string of the molecule is CC(N[P@](=O)(OC[C@H]1O[C@@H](n2cnc3c(N(C)C)nc(N)nc32)[C@H](F)[C@@H]1O)Oc1ccccc1)C(=O)O. The first-order valence-corrected chi connectivity index (χ1v) is 12.7. The number of para-hydroxylation sites is 1. The minimum Gasteiger partial charge on any atom is -0.480 e. The van der Waals surface area contributed by atoms with Gasteiger partial charge in [0.1, 0.15) is 24.0 Å². The Kier molecular flexibility index (Phi) is 7.62. The minimum atomic E-state index is -4.30. The number of benzene rings is 1. The molecule has 3 heterocycles. The molecule has 0 saturated carbocycles. The molecular weight excluding hydrogens is 512 g/mol. The molecule has 200 valence electrons. The van der Waals surface area contributed by atoms with Crippen LogP contribution in [0, 0.1) is 0 Å². The number of ether oxygens (including phenoxy) is 1. The molecule has 6 atom stereocenters. The molecule has 0 radical (unpaired) electrons. The van der Waals surface area contributed by atoms with E-state index in [1.165, 1.54) is 30.0 Å². The van der Waals surface area contributed by atoms with Crippen molar-refractivity contribution in [2.45, 2.75) is 37.6 Å². The molecule has 2 aromatic heterocycles. The van der Waals surface area contributed by atoms with Crippen molar-refractivity contribution >= 4 is 36.6 Å². The standard InChI is InChI=1S/C21H27FN7O7P/c1-11(20(31)32)27-37(33,36-12-7-5-4-6-8-12)34-9-13-16(30)14(22)19(35-13)29-10-24-15-17(28(2)3)25-21(23)26-18(15)29/h4-8,10-11,13-14,16,19,30H,9H2,1-3H3,(H,27,33)(H,31,32)(H2,23,25,26)/t11?,13-,14-,16-,19-,37+/m1/s1. The lowest BCUT2D eigenvalue weighted by Crippen LogP contribution is -2.36. The number of rotatable bonds is 10. The van der Waals surface area contributed by atoms with Gasteiger partial charge < -0.3 is 30.1 Å². The Morgan fingerprint density at radius 3 is 2.70 bits per heavy atom. The van der Waals surface area contributed by atoms with Crippen molar-refractivity contribution in [3.63, 3.8) is 0 Å². The zero-order chi connectivity index (χ0) is 26.9. The van der Waals surface area contributed by atoms with E-state index in [0.717, 1.165) is 0 Å². The van der Waals surface area contributed by atoms with E-state index in [-0.39, 0.29) is 17.3 Å². The first-order valence-electron chi connectivity index (χ1n) is 11.1. The molecule has 5 N–H and O–H groups in total. The number of nitrogen functional groups attached to an aromatic ring is 1. The van der Waals surface area contributed by atoms with Gasteiger partial charge in [-0.1, -0.05) is 18.2 Å². The van der Waals surface area contributed by atoms with Crippen LogP contribution in [0.25, 0.3) is 11.2 Å². The first-order chi connectivity index (χ1) is 17.5. The van der Waals surface area contributed by atoms with E-state index in [4.69, 9.17) is 19.5 Å². The van der Waals surface area contributed by atoms with Crippen molar-refractivity contribution in [3.8, 4) is 5.75 Å². The van der Waals surface area contributed by atoms with Gasteiger partial charge in [0.15, 0.2) is 29.4 Å². The number of carboxylic acids is 1. The fraction of sp³-hybridized carbons (Fsp3) is 0.429. The highest BCUT2D eigenvalue weighted by Gasteiger charge is 2.47. The number of alkyl halides is 1. The van der Waals surface area contributed by atoms with Crippen LogP contribution in [0.2, 0.25) is 0 Å². The second-order valence-electron chi connectivity index (χ2n) is 8.51. The van der Waals surface area contributed by atoms with Gasteiger partial charge >= 0.3 is 13.7 Å². The van der Waals surface area contributed by atoms with E-state index in [2.05, 4.69) is 20.0 Å². The number of aliphatic carboxylic acids is 1. The maximum atomic E-state index is 15.2. The molecule has 0 aliphatic carbocycles. The third kappa shape index (κ3) is 5.65. The Morgan fingerprint density at radius 2 is 2.05 bits per heavy atom. The fourth-order valence-electron chi connectivity index (χ4n) is 3.66. The van der Waals surface area contributed by atoms with Crippen molar-refractivity contribution in [3.05, 3.63) is 36.7 Å². The molecule has 1 unspecified atom stereocenters. The van der Waals surface area contributed by atoms with Crippen LogP contribution in [0.4, 0.5) is 16.2 Å². The molecule has 1 aromatic carbocycles. The van der Waals surface area contributed by atoms with E-state index in [9.17, 15) is 19.6 Å². The summed E-state index contributed by atoms with van der Waals surface area (Å²) in [6.07, 6.45) is -4.99. The number of hydrogen-bond acceptors (Lipinski definition) is 11. The van der Waals surface area contributed by atoms with Crippen molar-refractivity contribution in [1.82, 2.24) is 24.6 Å². The number of carbonyl (C=O) groups is 1. The van der Waals surface area contributed by atoms with E-state index in [1.54, 1.807) is 37.2 Å². The van der Waals surface area contributed by atoms with Crippen LogP contribution >= 0.6 is 7.75 Å². The topological polar surface area (TPSA) is 187 Å². The summed E-state index contributed by atoms with van der Waals surface area (Å²) < 4.78 is 46.4. The van der Waals surface area contributed by atoms with Gasteiger partial charge in [0.05, 0.1) is 12.9 Å². The molecule has 1 fully saturated rings. The number of nitrogens with one attached hydrogen (secondary N) is 1. The number of nitrogens with zero attached hydrogens (tertiary/aromatic N) is 5. The van der Waals surface area contributed by atoms with Crippen molar-refractivity contribution in [2.75, 3.05) is 31.3 Å². The minimum absolute atomic E-state index is 0.0654. The summed E-state index contributed by atoms with van der Waals surface area (Å²) in [7, 11) is -0.834. The zero-order valence-corrected chi connectivity index (χ0v) is 21.0. The molecule has 3 aromatic rings. The molecular formula is C21H27FN7O7P. The lowest BCUT2D eigenvalue weighted by atomic mass is 10.1. The molecule has 4 rings (SSSR count). The summed E-state index contributed by atoms with van der Waals surface area (Å²) in [6, 6.07) is 6.63. The molecule has 1 saturated heterocycles. The van der Waals surface area contributed by atoms with Gasteiger partial charge in [-0.05, 0) is 19.1 Å². The number of anilines is 2. The molecule has 0 bridgehead atoms. The van der Waals surface area contributed by atoms with E-state index in [1.807, 2.05) is 0 Å². The summed E-state index contributed by atoms with van der Waals surface area (Å²) in [6.45, 7) is 0.662. The van der Waals surface area contributed by atoms with Crippen LogP contribution in [0.5, 0.6) is 5.75 Å². The summed E-state index contributed by atoms with van der Waals surface area (Å²) in [5.74, 6) is -0.812.